The molecule has 0 heterocycles. The molecule has 0 saturated carbocycles. The third-order valence-electron chi connectivity index (χ3n) is 7.18. The van der Waals surface area contributed by atoms with Gasteiger partial charge in [-0.2, -0.15) is 25.3 Å². The van der Waals surface area contributed by atoms with Gasteiger partial charge >= 0.3 is 11.9 Å². The number of hydrogen-bond donors (Lipinski definition) is 14. The molecule has 0 aliphatic rings. The Balaban J connectivity index is 3.80. The smallest absolute Gasteiger partial charge is 0.320 e. The molecule has 0 aliphatic heterocycles. The van der Waals surface area contributed by atoms with Crippen LogP contribution in [-0.2, 0) is 38.4 Å². The van der Waals surface area contributed by atoms with Crippen LogP contribution in [0.3, 0.4) is 0 Å². The lowest BCUT2D eigenvalue weighted by Gasteiger charge is -2.17. The van der Waals surface area contributed by atoms with Crippen molar-refractivity contribution in [1.82, 2.24) is 42.5 Å². The minimum absolute atomic E-state index is 0.0148. The van der Waals surface area contributed by atoms with Crippen molar-refractivity contribution in [2.75, 3.05) is 63.9 Å². The molecule has 0 bridgehead atoms. The van der Waals surface area contributed by atoms with Crippen molar-refractivity contribution in [1.29, 1.82) is 0 Å². The maximum atomic E-state index is 12.3. The van der Waals surface area contributed by atoms with Crippen molar-refractivity contribution < 1.29 is 48.6 Å². The first kappa shape index (κ1) is 48.3. The van der Waals surface area contributed by atoms with E-state index < -0.39 is 59.7 Å². The summed E-state index contributed by atoms with van der Waals surface area (Å²) in [6.45, 7) is 3.23. The number of carboxylic acid groups (broad SMARTS) is 2. The highest BCUT2D eigenvalue weighted by Gasteiger charge is 2.22. The largest absolute Gasteiger partial charge is 0.480 e. The monoisotopic (exact) mass is 780 g/mol. The Kier molecular flexibility index (Phi) is 27.7. The van der Waals surface area contributed by atoms with Crippen LogP contribution in [0, 0.1) is 0 Å². The van der Waals surface area contributed by atoms with E-state index in [9.17, 15) is 38.4 Å². The predicted molar refractivity (Wildman–Crippen MR) is 198 cm³/mol. The van der Waals surface area contributed by atoms with Crippen molar-refractivity contribution in [3.63, 3.8) is 0 Å². The van der Waals surface area contributed by atoms with E-state index in [1.807, 2.05) is 0 Å². The van der Waals surface area contributed by atoms with E-state index in [0.717, 1.165) is 25.9 Å². The molecule has 0 fully saturated rings. The molecule has 0 spiro atoms. The van der Waals surface area contributed by atoms with Gasteiger partial charge in [-0.05, 0) is 64.7 Å². The Morgan fingerprint density at radius 3 is 1.17 bits per heavy atom. The van der Waals surface area contributed by atoms with Gasteiger partial charge in [-0.1, -0.05) is 0 Å². The van der Waals surface area contributed by atoms with Gasteiger partial charge in [0.05, 0.1) is 13.1 Å². The van der Waals surface area contributed by atoms with Crippen molar-refractivity contribution in [3.05, 3.63) is 0 Å². The summed E-state index contributed by atoms with van der Waals surface area (Å²) in [5, 5.41) is 39.3. The maximum Gasteiger partial charge on any atom is 0.320 e. The Morgan fingerprint density at radius 1 is 0.500 bits per heavy atom. The second-order valence-electron chi connectivity index (χ2n) is 11.6. The summed E-state index contributed by atoms with van der Waals surface area (Å²) < 4.78 is 0. The molecular formula is C30H56N10O10S2. The van der Waals surface area contributed by atoms with Gasteiger partial charge in [0.2, 0.25) is 35.4 Å². The van der Waals surface area contributed by atoms with Crippen molar-refractivity contribution in [2.24, 2.45) is 11.5 Å². The van der Waals surface area contributed by atoms with Crippen molar-refractivity contribution in [3.8, 4) is 0 Å². The van der Waals surface area contributed by atoms with E-state index in [0.29, 0.717) is 39.0 Å². The maximum absolute atomic E-state index is 12.3. The van der Waals surface area contributed by atoms with Crippen LogP contribution in [0.2, 0.25) is 0 Å². The van der Waals surface area contributed by atoms with Crippen LogP contribution in [0.5, 0.6) is 0 Å². The first-order valence-corrected chi connectivity index (χ1v) is 18.3. The average Bonchev–Trinajstić information content (AvgIpc) is 3.11. The van der Waals surface area contributed by atoms with Gasteiger partial charge in [-0.15, -0.1) is 0 Å². The number of carbonyl (C=O) groups excluding carboxylic acids is 6. The molecule has 0 aliphatic carbocycles. The topological polar surface area (TPSA) is 325 Å². The molecular weight excluding hydrogens is 725 g/mol. The van der Waals surface area contributed by atoms with Crippen LogP contribution < -0.4 is 54.0 Å². The number of aliphatic carboxylic acids is 2. The van der Waals surface area contributed by atoms with Crippen LogP contribution in [0.4, 0.5) is 0 Å². The summed E-state index contributed by atoms with van der Waals surface area (Å²) in [4.78, 5) is 94.0. The van der Waals surface area contributed by atoms with E-state index >= 15 is 0 Å². The number of unbranched alkanes of at least 4 members (excludes halogenated alkanes) is 1. The molecule has 52 heavy (non-hydrogen) atoms. The van der Waals surface area contributed by atoms with Crippen LogP contribution in [0.25, 0.3) is 0 Å². The number of carbonyl (C=O) groups is 8. The van der Waals surface area contributed by atoms with Crippen LogP contribution >= 0.6 is 25.3 Å². The molecule has 0 aromatic carbocycles. The van der Waals surface area contributed by atoms with E-state index in [2.05, 4.69) is 67.8 Å². The van der Waals surface area contributed by atoms with Gasteiger partial charge in [0.15, 0.2) is 0 Å². The van der Waals surface area contributed by atoms with E-state index in [1.54, 1.807) is 0 Å². The van der Waals surface area contributed by atoms with Crippen LogP contribution in [-0.4, -0.2) is 146 Å². The molecule has 0 unspecified atom stereocenters. The van der Waals surface area contributed by atoms with Crippen LogP contribution in [0.15, 0.2) is 0 Å². The number of carboxylic acids is 2. The van der Waals surface area contributed by atoms with E-state index in [1.165, 1.54) is 0 Å². The van der Waals surface area contributed by atoms with E-state index in [-0.39, 0.29) is 62.1 Å². The quantitative estimate of drug-likeness (QED) is 0.0233. The number of nitrogens with two attached hydrogens (primary N) is 2. The first-order chi connectivity index (χ1) is 24.7. The molecule has 0 saturated heterocycles. The van der Waals surface area contributed by atoms with Gasteiger partial charge < -0.3 is 64.2 Å². The summed E-state index contributed by atoms with van der Waals surface area (Å²) in [5.74, 6) is -5.53. The molecule has 0 rings (SSSR count). The molecule has 0 radical (unpaired) electrons. The SMILES string of the molecule is N[C@@H](CCC(=O)N[C@@H](CS)C(=O)NCC(=O)NCCCNCCCCNCCCNC(=O)CNC(=O)[C@H](CS)NC(=O)CC[C@H](N)C(=O)O)C(=O)O. The number of rotatable bonds is 31. The number of thiol groups is 2. The normalized spacial score (nSPS) is 13.1. The first-order valence-electron chi connectivity index (χ1n) is 17.0. The third-order valence-corrected chi connectivity index (χ3v) is 7.91. The molecule has 14 N–H and O–H groups in total. The van der Waals surface area contributed by atoms with Gasteiger partial charge in [-0.25, -0.2) is 0 Å². The Morgan fingerprint density at radius 2 is 0.846 bits per heavy atom. The number of nitrogens with one attached hydrogen (secondary N) is 8. The number of hydrogen-bond acceptors (Lipinski definition) is 14. The molecule has 0 aromatic rings. The minimum atomic E-state index is -1.23. The summed E-state index contributed by atoms with van der Waals surface area (Å²) in [7, 11) is 0. The highest BCUT2D eigenvalue weighted by Crippen LogP contribution is 1.99. The van der Waals surface area contributed by atoms with Crippen molar-refractivity contribution in [2.45, 2.75) is 75.5 Å². The highest BCUT2D eigenvalue weighted by molar-refractivity contribution is 7.80. The molecule has 0 aromatic heterocycles. The second-order valence-corrected chi connectivity index (χ2v) is 12.4. The Bertz CT molecular complexity index is 1070. The minimum Gasteiger partial charge on any atom is -0.480 e. The molecule has 22 heteroatoms. The Hall–Kier alpha value is -3.70. The fourth-order valence-electron chi connectivity index (χ4n) is 4.08. The zero-order valence-electron chi connectivity index (χ0n) is 29.2. The average molecular weight is 781 g/mol. The zero-order valence-corrected chi connectivity index (χ0v) is 31.0. The summed E-state index contributed by atoms with van der Waals surface area (Å²) in [6.07, 6.45) is 2.71. The molecule has 4 atom stereocenters. The molecule has 298 valence electrons. The van der Waals surface area contributed by atoms with Crippen LogP contribution in [0.1, 0.15) is 51.4 Å². The van der Waals surface area contributed by atoms with Crippen molar-refractivity contribution >= 4 is 72.6 Å². The van der Waals surface area contributed by atoms with E-state index in [4.69, 9.17) is 21.7 Å². The zero-order chi connectivity index (χ0) is 39.3. The van der Waals surface area contributed by atoms with Gasteiger partial charge in [0, 0.05) is 37.4 Å². The summed E-state index contributed by atoms with van der Waals surface area (Å²) in [6, 6.07) is -4.34. The lowest BCUT2D eigenvalue weighted by Crippen LogP contribution is -2.50. The predicted octanol–water partition coefficient (Wildman–Crippen LogP) is -4.60. The Labute approximate surface area is 314 Å². The summed E-state index contributed by atoms with van der Waals surface area (Å²) in [5.41, 5.74) is 10.7. The molecule has 20 nitrogen and oxygen atoms in total. The second kappa shape index (κ2) is 29.8. The fourth-order valence-corrected chi connectivity index (χ4v) is 4.59. The third kappa shape index (κ3) is 25.3. The lowest BCUT2D eigenvalue weighted by atomic mass is 10.1. The lowest BCUT2D eigenvalue weighted by molar-refractivity contribution is -0.140. The van der Waals surface area contributed by atoms with Gasteiger partial charge in [0.25, 0.3) is 0 Å². The molecule has 6 amide bonds. The highest BCUT2D eigenvalue weighted by atomic mass is 32.1. The standard InChI is InChI=1S/C30H56N10O10S2/c31-19(29(47)48)5-7-23(41)39-21(17-51)27(45)37-15-25(43)35-13-3-11-33-9-1-2-10-34-12-4-14-36-26(44)16-38-28(46)22(18-52)40-24(42)8-6-20(32)30(49)50/h19-22,33-34,51-52H,1-18,31-32H2,(H,35,43)(H,36,44)(H,37,45)(H,38,46)(H,39,41)(H,40,42)(H,47,48)(H,49,50)/t19-,20-,21-,22-/m0/s1. The fraction of sp³-hybridized carbons (Fsp3) is 0.733. The van der Waals surface area contributed by atoms with Gasteiger partial charge in [-0.3, -0.25) is 38.4 Å². The number of amides is 6. The summed E-state index contributed by atoms with van der Waals surface area (Å²) >= 11 is 8.08. The van der Waals surface area contributed by atoms with Gasteiger partial charge in [0.1, 0.15) is 24.2 Å².